The summed E-state index contributed by atoms with van der Waals surface area (Å²) in [5.74, 6) is 2.05. The Morgan fingerprint density at radius 2 is 1.53 bits per heavy atom. The normalized spacial score (nSPS) is 17.8. The number of amides is 2. The van der Waals surface area contributed by atoms with Gasteiger partial charge in [0.15, 0.2) is 6.10 Å². The van der Waals surface area contributed by atoms with Gasteiger partial charge in [-0.15, -0.1) is 0 Å². The maximum atomic E-state index is 12.7. The van der Waals surface area contributed by atoms with E-state index in [4.69, 9.17) is 9.47 Å². The first-order valence-electron chi connectivity index (χ1n) is 11.6. The third-order valence-corrected chi connectivity index (χ3v) is 6.31. The minimum Gasteiger partial charge on any atom is -0.493 e. The molecule has 32 heavy (non-hydrogen) atoms. The average Bonchev–Trinajstić information content (AvgIpc) is 3.38. The van der Waals surface area contributed by atoms with Crippen molar-refractivity contribution >= 4 is 11.8 Å². The molecule has 0 radical (unpaired) electrons. The molecule has 2 fully saturated rings. The second-order valence-corrected chi connectivity index (χ2v) is 8.68. The molecule has 0 N–H and O–H groups in total. The van der Waals surface area contributed by atoms with Gasteiger partial charge in [0.2, 0.25) is 0 Å². The fourth-order valence-electron chi connectivity index (χ4n) is 4.34. The van der Waals surface area contributed by atoms with Crippen LogP contribution < -0.4 is 9.47 Å². The van der Waals surface area contributed by atoms with Crippen molar-refractivity contribution in [3.8, 4) is 11.5 Å². The fraction of sp³-hybridized carbons (Fsp3) is 0.462. The highest BCUT2D eigenvalue weighted by Gasteiger charge is 2.27. The molecule has 2 aromatic carbocycles. The second-order valence-electron chi connectivity index (χ2n) is 8.68. The SMILES string of the molecule is C[C@@H](Oc1ccccc1)C(=O)N1CCC(COc2ccc(C(=O)N3CCCC3)cc2)CC1. The van der Waals surface area contributed by atoms with Crippen LogP contribution in [0.3, 0.4) is 0 Å². The molecule has 6 nitrogen and oxygen atoms in total. The van der Waals surface area contributed by atoms with Crippen LogP contribution in [-0.2, 0) is 4.79 Å². The maximum Gasteiger partial charge on any atom is 0.263 e. The predicted octanol–water partition coefficient (Wildman–Crippen LogP) is 4.01. The molecule has 1 atom stereocenters. The maximum absolute atomic E-state index is 12.7. The number of piperidine rings is 1. The molecule has 2 aromatic rings. The molecule has 6 heteroatoms. The topological polar surface area (TPSA) is 59.1 Å². The van der Waals surface area contributed by atoms with Gasteiger partial charge in [0.05, 0.1) is 6.61 Å². The first kappa shape index (κ1) is 22.2. The van der Waals surface area contributed by atoms with Crippen LogP contribution >= 0.6 is 0 Å². The van der Waals surface area contributed by atoms with Crippen molar-refractivity contribution in [3.05, 3.63) is 60.2 Å². The van der Waals surface area contributed by atoms with Gasteiger partial charge in [-0.1, -0.05) is 18.2 Å². The van der Waals surface area contributed by atoms with Gasteiger partial charge in [-0.3, -0.25) is 9.59 Å². The van der Waals surface area contributed by atoms with Gasteiger partial charge < -0.3 is 19.3 Å². The van der Waals surface area contributed by atoms with Crippen molar-refractivity contribution in [1.82, 2.24) is 9.80 Å². The lowest BCUT2D eigenvalue weighted by Gasteiger charge is -2.33. The van der Waals surface area contributed by atoms with Gasteiger partial charge >= 0.3 is 0 Å². The zero-order valence-corrected chi connectivity index (χ0v) is 18.7. The van der Waals surface area contributed by atoms with Gasteiger partial charge in [0.1, 0.15) is 11.5 Å². The first-order chi connectivity index (χ1) is 15.6. The van der Waals surface area contributed by atoms with Crippen molar-refractivity contribution in [2.24, 2.45) is 5.92 Å². The fourth-order valence-corrected chi connectivity index (χ4v) is 4.34. The van der Waals surface area contributed by atoms with Gasteiger partial charge in [-0.2, -0.15) is 0 Å². The molecule has 2 aliphatic rings. The second kappa shape index (κ2) is 10.5. The predicted molar refractivity (Wildman–Crippen MR) is 123 cm³/mol. The smallest absolute Gasteiger partial charge is 0.263 e. The van der Waals surface area contributed by atoms with Crippen molar-refractivity contribution in [2.75, 3.05) is 32.8 Å². The van der Waals surface area contributed by atoms with E-state index >= 15 is 0 Å². The monoisotopic (exact) mass is 436 g/mol. The van der Waals surface area contributed by atoms with Crippen molar-refractivity contribution in [3.63, 3.8) is 0 Å². The van der Waals surface area contributed by atoms with Crippen LogP contribution in [0, 0.1) is 5.92 Å². The lowest BCUT2D eigenvalue weighted by atomic mass is 9.97. The Morgan fingerprint density at radius 1 is 0.875 bits per heavy atom. The van der Waals surface area contributed by atoms with Crippen molar-refractivity contribution < 1.29 is 19.1 Å². The standard InChI is InChI=1S/C26H32N2O4/c1-20(32-24-7-3-2-4-8-24)25(29)28-17-13-21(14-18-28)19-31-23-11-9-22(10-12-23)26(30)27-15-5-6-16-27/h2-4,7-12,20-21H,5-6,13-19H2,1H3/t20-/m1/s1. The van der Waals surface area contributed by atoms with E-state index in [0.29, 0.717) is 18.3 Å². The number of nitrogens with zero attached hydrogens (tertiary/aromatic N) is 2. The van der Waals surface area contributed by atoms with Gasteiger partial charge in [0.25, 0.3) is 11.8 Å². The summed E-state index contributed by atoms with van der Waals surface area (Å²) in [4.78, 5) is 29.0. The quantitative estimate of drug-likeness (QED) is 0.658. The summed E-state index contributed by atoms with van der Waals surface area (Å²) in [5.41, 5.74) is 0.720. The molecule has 2 amide bonds. The van der Waals surface area contributed by atoms with Crippen LogP contribution in [0.1, 0.15) is 43.0 Å². The van der Waals surface area contributed by atoms with E-state index in [9.17, 15) is 9.59 Å². The molecule has 2 heterocycles. The molecule has 170 valence electrons. The van der Waals surface area contributed by atoms with Gasteiger partial charge in [0, 0.05) is 31.7 Å². The molecule has 0 aromatic heterocycles. The minimum atomic E-state index is -0.494. The van der Waals surface area contributed by atoms with E-state index in [-0.39, 0.29) is 11.8 Å². The van der Waals surface area contributed by atoms with E-state index in [1.807, 2.05) is 71.3 Å². The van der Waals surface area contributed by atoms with Crippen LogP contribution in [-0.4, -0.2) is 60.5 Å². The molecule has 0 aliphatic carbocycles. The Labute approximate surface area is 190 Å². The summed E-state index contributed by atoms with van der Waals surface area (Å²) >= 11 is 0. The zero-order chi connectivity index (χ0) is 22.3. The zero-order valence-electron chi connectivity index (χ0n) is 18.7. The van der Waals surface area contributed by atoms with Crippen LogP contribution in [0.15, 0.2) is 54.6 Å². The largest absolute Gasteiger partial charge is 0.493 e. The number of para-hydroxylation sites is 1. The highest BCUT2D eigenvalue weighted by Crippen LogP contribution is 2.22. The molecule has 2 aliphatic heterocycles. The van der Waals surface area contributed by atoms with E-state index in [0.717, 1.165) is 63.2 Å². The number of carbonyl (C=O) groups is 2. The number of benzene rings is 2. The molecular weight excluding hydrogens is 404 g/mol. The lowest BCUT2D eigenvalue weighted by molar-refractivity contribution is -0.139. The number of likely N-dealkylation sites (tertiary alicyclic amines) is 2. The highest BCUT2D eigenvalue weighted by molar-refractivity contribution is 5.94. The third kappa shape index (κ3) is 5.61. The summed E-state index contributed by atoms with van der Waals surface area (Å²) in [7, 11) is 0. The summed E-state index contributed by atoms with van der Waals surface area (Å²) in [6, 6.07) is 16.9. The van der Waals surface area contributed by atoms with E-state index in [1.54, 1.807) is 0 Å². The van der Waals surface area contributed by atoms with Crippen molar-refractivity contribution in [2.45, 2.75) is 38.7 Å². The summed E-state index contributed by atoms with van der Waals surface area (Å²) in [6.45, 7) is 5.59. The number of ether oxygens (including phenoxy) is 2. The van der Waals surface area contributed by atoms with Crippen LogP contribution in [0.25, 0.3) is 0 Å². The average molecular weight is 437 g/mol. The Bertz CT molecular complexity index is 886. The van der Waals surface area contributed by atoms with E-state index < -0.39 is 6.10 Å². The Kier molecular flexibility index (Phi) is 7.30. The third-order valence-electron chi connectivity index (χ3n) is 6.31. The number of hydrogen-bond acceptors (Lipinski definition) is 4. The molecule has 0 saturated carbocycles. The number of hydrogen-bond donors (Lipinski definition) is 0. The summed E-state index contributed by atoms with van der Waals surface area (Å²) < 4.78 is 11.8. The Hall–Kier alpha value is -3.02. The highest BCUT2D eigenvalue weighted by atomic mass is 16.5. The summed E-state index contributed by atoms with van der Waals surface area (Å²) in [5, 5.41) is 0. The van der Waals surface area contributed by atoms with Crippen LogP contribution in [0.2, 0.25) is 0 Å². The Morgan fingerprint density at radius 3 is 2.19 bits per heavy atom. The molecule has 2 saturated heterocycles. The lowest BCUT2D eigenvalue weighted by Crippen LogP contribution is -2.45. The molecule has 4 rings (SSSR count). The summed E-state index contributed by atoms with van der Waals surface area (Å²) in [6.07, 6.45) is 3.52. The van der Waals surface area contributed by atoms with E-state index in [1.165, 1.54) is 0 Å². The van der Waals surface area contributed by atoms with Crippen LogP contribution in [0.4, 0.5) is 0 Å². The molecule has 0 bridgehead atoms. The van der Waals surface area contributed by atoms with Crippen LogP contribution in [0.5, 0.6) is 11.5 Å². The number of rotatable bonds is 7. The van der Waals surface area contributed by atoms with E-state index in [2.05, 4.69) is 0 Å². The number of carbonyl (C=O) groups excluding carboxylic acids is 2. The first-order valence-corrected chi connectivity index (χ1v) is 11.6. The van der Waals surface area contributed by atoms with Gasteiger partial charge in [-0.05, 0) is 74.9 Å². The molecular formula is C26H32N2O4. The Balaban J connectivity index is 1.19. The molecule has 0 unspecified atom stereocenters. The minimum absolute atomic E-state index is 0.0338. The van der Waals surface area contributed by atoms with Gasteiger partial charge in [-0.25, -0.2) is 0 Å². The van der Waals surface area contributed by atoms with Crippen molar-refractivity contribution in [1.29, 1.82) is 0 Å². The molecule has 0 spiro atoms.